The Morgan fingerprint density at radius 3 is 2.74 bits per heavy atom. The zero-order chi connectivity index (χ0) is 28.1. The Balaban J connectivity index is 1.52. The molecule has 0 saturated carbocycles. The van der Waals surface area contributed by atoms with Crippen molar-refractivity contribution in [3.63, 3.8) is 0 Å². The predicted molar refractivity (Wildman–Crippen MR) is 156 cm³/mol. The number of H-pyrrole nitrogens is 1. The van der Waals surface area contributed by atoms with E-state index in [4.69, 9.17) is 12.2 Å². The average Bonchev–Trinajstić information content (AvgIpc) is 3.46. The van der Waals surface area contributed by atoms with Crippen LogP contribution < -0.4 is 10.6 Å². The summed E-state index contributed by atoms with van der Waals surface area (Å²) in [7, 11) is 1.86. The van der Waals surface area contributed by atoms with Crippen molar-refractivity contribution in [1.29, 1.82) is 0 Å². The zero-order valence-corrected chi connectivity index (χ0v) is 23.6. The highest BCUT2D eigenvalue weighted by Crippen LogP contribution is 2.26. The second-order valence-corrected chi connectivity index (χ2v) is 10.4. The molecule has 10 heteroatoms. The van der Waals surface area contributed by atoms with Crippen molar-refractivity contribution in [3.05, 3.63) is 69.5 Å². The lowest BCUT2D eigenvalue weighted by atomic mass is 10.00. The molecule has 1 unspecified atom stereocenters. The third kappa shape index (κ3) is 6.88. The molecule has 0 aliphatic carbocycles. The third-order valence-corrected chi connectivity index (χ3v) is 7.55. The van der Waals surface area contributed by atoms with E-state index in [1.165, 1.54) is 24.4 Å². The fraction of sp³-hybridized carbons (Fsp3) is 0.379. The van der Waals surface area contributed by atoms with Gasteiger partial charge in [-0.3, -0.25) is 24.2 Å². The molecule has 1 fully saturated rings. The largest absolute Gasteiger partial charge is 0.325 e. The minimum atomic E-state index is -0.599. The van der Waals surface area contributed by atoms with Crippen molar-refractivity contribution in [1.82, 2.24) is 19.7 Å². The Bertz CT molecular complexity index is 1460. The van der Waals surface area contributed by atoms with Crippen LogP contribution in [0.1, 0.15) is 66.7 Å². The molecule has 1 aliphatic rings. The Hall–Kier alpha value is -3.63. The van der Waals surface area contributed by atoms with Crippen LogP contribution in [0.4, 0.5) is 15.8 Å². The number of halogens is 1. The third-order valence-electron chi connectivity index (χ3n) is 7.06. The number of amides is 2. The van der Waals surface area contributed by atoms with Gasteiger partial charge in [-0.2, -0.15) is 0 Å². The second-order valence-electron chi connectivity index (χ2n) is 10.0. The Morgan fingerprint density at radius 1 is 1.28 bits per heavy atom. The van der Waals surface area contributed by atoms with Crippen LogP contribution in [0.2, 0.25) is 0 Å². The van der Waals surface area contributed by atoms with Gasteiger partial charge in [0, 0.05) is 42.4 Å². The van der Waals surface area contributed by atoms with E-state index in [0.29, 0.717) is 16.4 Å². The van der Waals surface area contributed by atoms with Crippen molar-refractivity contribution in [2.75, 3.05) is 23.7 Å². The number of rotatable bonds is 9. The number of hydrogen-bond acceptors (Lipinski definition) is 5. The van der Waals surface area contributed by atoms with Crippen LogP contribution in [0.5, 0.6) is 0 Å². The van der Waals surface area contributed by atoms with Gasteiger partial charge in [0.05, 0.1) is 17.8 Å². The molecule has 3 heterocycles. The van der Waals surface area contributed by atoms with Gasteiger partial charge < -0.3 is 15.7 Å². The number of hydrogen-bond donors (Lipinski definition) is 3. The van der Waals surface area contributed by atoms with E-state index in [-0.39, 0.29) is 23.7 Å². The zero-order valence-electron chi connectivity index (χ0n) is 22.8. The van der Waals surface area contributed by atoms with E-state index >= 15 is 0 Å². The van der Waals surface area contributed by atoms with Gasteiger partial charge in [0.25, 0.3) is 5.91 Å². The number of pyridine rings is 1. The lowest BCUT2D eigenvalue weighted by Gasteiger charge is -2.20. The van der Waals surface area contributed by atoms with Crippen LogP contribution in [0.15, 0.2) is 36.7 Å². The molecule has 1 saturated heterocycles. The molecule has 2 aromatic heterocycles. The highest BCUT2D eigenvalue weighted by molar-refractivity contribution is 7.71. The topological polar surface area (TPSA) is 95.1 Å². The van der Waals surface area contributed by atoms with Crippen molar-refractivity contribution >= 4 is 47.1 Å². The van der Waals surface area contributed by atoms with Gasteiger partial charge in [-0.05, 0) is 81.1 Å². The van der Waals surface area contributed by atoms with Crippen LogP contribution in [-0.2, 0) is 11.8 Å². The van der Waals surface area contributed by atoms with Crippen LogP contribution in [0, 0.1) is 17.4 Å². The number of aryl methyl sites for hydroxylation is 2. The fourth-order valence-corrected chi connectivity index (χ4v) is 5.00. The van der Waals surface area contributed by atoms with E-state index in [1.807, 2.05) is 26.2 Å². The van der Waals surface area contributed by atoms with Gasteiger partial charge in [0.15, 0.2) is 0 Å². The maximum atomic E-state index is 14.6. The number of aromatic nitrogens is 3. The molecule has 0 spiro atoms. The maximum absolute atomic E-state index is 14.6. The summed E-state index contributed by atoms with van der Waals surface area (Å²) in [6.07, 6.45) is 9.22. The number of nitrogens with zero attached hydrogens (tertiary/aromatic N) is 3. The first-order valence-electron chi connectivity index (χ1n) is 13.2. The molecule has 0 bridgehead atoms. The lowest BCUT2D eigenvalue weighted by Crippen LogP contribution is -2.35. The van der Waals surface area contributed by atoms with Crippen LogP contribution in [-0.4, -0.2) is 50.6 Å². The molecular formula is C29H35FN6O2S. The quantitative estimate of drug-likeness (QED) is 0.287. The van der Waals surface area contributed by atoms with Gasteiger partial charge in [-0.25, -0.2) is 4.39 Å². The number of anilines is 2. The summed E-state index contributed by atoms with van der Waals surface area (Å²) in [5, 5.41) is 8.54. The molecule has 8 nitrogen and oxygen atoms in total. The highest BCUT2D eigenvalue weighted by Gasteiger charge is 2.22. The van der Waals surface area contributed by atoms with Gasteiger partial charge in [0.1, 0.15) is 10.5 Å². The summed E-state index contributed by atoms with van der Waals surface area (Å²) in [6.45, 7) is 7.24. The summed E-state index contributed by atoms with van der Waals surface area (Å²) >= 11 is 5.54. The number of nitrogens with one attached hydrogen (secondary N) is 3. The molecule has 1 aliphatic heterocycles. The van der Waals surface area contributed by atoms with Crippen molar-refractivity contribution in [3.8, 4) is 0 Å². The van der Waals surface area contributed by atoms with E-state index in [0.717, 1.165) is 54.6 Å². The normalized spacial score (nSPS) is 15.9. The minimum absolute atomic E-state index is 0.0211. The smallest absolute Gasteiger partial charge is 0.257 e. The molecule has 3 N–H and O–H groups in total. The summed E-state index contributed by atoms with van der Waals surface area (Å²) in [6, 6.07) is 6.24. The molecule has 0 radical (unpaired) electrons. The number of carbonyl (C=O) groups excluding carboxylic acids is 2. The van der Waals surface area contributed by atoms with Crippen LogP contribution >= 0.6 is 12.2 Å². The number of likely N-dealkylation sites (tertiary alicyclic amines) is 1. The molecule has 39 heavy (non-hydrogen) atoms. The Labute approximate surface area is 233 Å². The first kappa shape index (κ1) is 28.4. The second kappa shape index (κ2) is 12.5. The van der Waals surface area contributed by atoms with Gasteiger partial charge in [0.2, 0.25) is 5.91 Å². The first-order chi connectivity index (χ1) is 18.7. The monoisotopic (exact) mass is 550 g/mol. The van der Waals surface area contributed by atoms with Gasteiger partial charge in [-0.1, -0.05) is 25.6 Å². The van der Waals surface area contributed by atoms with Crippen molar-refractivity contribution in [2.45, 2.75) is 52.5 Å². The van der Waals surface area contributed by atoms with E-state index < -0.39 is 11.7 Å². The SMILES string of the molecule is CCC/C(=C\c1cc(C(=O)Nc2cc(NC(=O)CN3CCCC3C)ccc2F)cnc1C)c1c[nH]n(C)c1=S. The molecule has 206 valence electrons. The van der Waals surface area contributed by atoms with Crippen LogP contribution in [0.25, 0.3) is 11.6 Å². The Kier molecular flexibility index (Phi) is 9.08. The highest BCUT2D eigenvalue weighted by atomic mass is 32.1. The van der Waals surface area contributed by atoms with E-state index in [1.54, 1.807) is 10.7 Å². The van der Waals surface area contributed by atoms with E-state index in [9.17, 15) is 14.0 Å². The summed E-state index contributed by atoms with van der Waals surface area (Å²) < 4.78 is 17.1. The summed E-state index contributed by atoms with van der Waals surface area (Å²) in [5.74, 6) is -1.27. The summed E-state index contributed by atoms with van der Waals surface area (Å²) in [4.78, 5) is 32.2. The van der Waals surface area contributed by atoms with Crippen molar-refractivity contribution in [2.24, 2.45) is 7.05 Å². The average molecular weight is 551 g/mol. The molecule has 4 rings (SSSR count). The van der Waals surface area contributed by atoms with Gasteiger partial charge in [-0.15, -0.1) is 0 Å². The first-order valence-corrected chi connectivity index (χ1v) is 13.6. The molecule has 2 amide bonds. The maximum Gasteiger partial charge on any atom is 0.257 e. The van der Waals surface area contributed by atoms with Crippen molar-refractivity contribution < 1.29 is 14.0 Å². The number of allylic oxidation sites excluding steroid dienone is 1. The standard InChI is InChI=1S/C29H35FN6O2S/c1-5-7-20(24-16-32-35(4)29(24)39)12-21-13-22(15-31-19(21)3)28(38)34-26-14-23(9-10-25(26)30)33-27(37)17-36-11-6-8-18(36)2/h9-10,12-16,18,32H,5-8,11,17H2,1-4H3,(H,33,37)(H,34,38)/b20-12+. The van der Waals surface area contributed by atoms with Crippen LogP contribution in [0.3, 0.4) is 0 Å². The predicted octanol–water partition coefficient (Wildman–Crippen LogP) is 5.94. The van der Waals surface area contributed by atoms with E-state index in [2.05, 4.69) is 39.5 Å². The van der Waals surface area contributed by atoms with Gasteiger partial charge >= 0.3 is 0 Å². The molecule has 1 atom stereocenters. The Morgan fingerprint density at radius 2 is 2.08 bits per heavy atom. The molecule has 1 aromatic carbocycles. The number of carbonyl (C=O) groups is 2. The molecule has 3 aromatic rings. The number of aromatic amines is 1. The fourth-order valence-electron chi connectivity index (χ4n) is 4.76. The lowest BCUT2D eigenvalue weighted by molar-refractivity contribution is -0.117. The minimum Gasteiger partial charge on any atom is -0.325 e. The summed E-state index contributed by atoms with van der Waals surface area (Å²) in [5.41, 5.74) is 4.20. The molecular weight excluding hydrogens is 515 g/mol. The number of benzene rings is 1.